The van der Waals surface area contributed by atoms with Gasteiger partial charge in [0.1, 0.15) is 11.2 Å². The molecule has 4 nitrogen and oxygen atoms in total. The summed E-state index contributed by atoms with van der Waals surface area (Å²) in [6.45, 7) is 8.88. The highest BCUT2D eigenvalue weighted by atomic mass is 16.3. The van der Waals surface area contributed by atoms with Crippen LogP contribution >= 0.6 is 0 Å². The van der Waals surface area contributed by atoms with Crippen LogP contribution in [0.15, 0.2) is 300 Å². The van der Waals surface area contributed by atoms with Crippen molar-refractivity contribution in [1.82, 2.24) is 0 Å². The van der Waals surface area contributed by atoms with Crippen molar-refractivity contribution in [3.8, 4) is 33.4 Å². The van der Waals surface area contributed by atoms with Crippen LogP contribution in [0.25, 0.3) is 98.8 Å². The first-order chi connectivity index (χ1) is 45.9. The van der Waals surface area contributed by atoms with E-state index in [1.807, 2.05) is 0 Å². The molecule has 0 aliphatic heterocycles. The molecule has 0 atom stereocenters. The van der Waals surface area contributed by atoms with Gasteiger partial charge >= 0.3 is 0 Å². The van der Waals surface area contributed by atoms with Crippen molar-refractivity contribution >= 4 is 99.5 Å². The zero-order chi connectivity index (χ0) is 62.3. The summed E-state index contributed by atoms with van der Waals surface area (Å²) >= 11 is 0. The van der Waals surface area contributed by atoms with E-state index in [2.05, 4.69) is 329 Å². The van der Waals surface area contributed by atoms with E-state index in [9.17, 15) is 0 Å². The second kappa shape index (κ2) is 22.6. The number of anilines is 6. The SMILES string of the molecule is CCCc1ccc(N(c2cc3c(c4ccccc24)-c2c(cc(N(c4ccc(CCC)cc4)c4cccc5c4oc4c(-c6ccccc6C)cccc45)c4ccccc24)C3(c2ccccc2)c2ccccc2)c2cccc3c2oc2c(-c4ccccc4C)cccc23)cc1. The summed E-state index contributed by atoms with van der Waals surface area (Å²) in [5.74, 6) is 0. The molecule has 1 aliphatic rings. The number of rotatable bonds is 14. The van der Waals surface area contributed by atoms with Crippen LogP contribution in [0.3, 0.4) is 0 Å². The molecule has 93 heavy (non-hydrogen) atoms. The Morgan fingerprint density at radius 2 is 0.624 bits per heavy atom. The summed E-state index contributed by atoms with van der Waals surface area (Å²) in [7, 11) is 0. The fourth-order valence-corrected chi connectivity index (χ4v) is 15.7. The molecule has 1 aliphatic carbocycles. The summed E-state index contributed by atoms with van der Waals surface area (Å²) in [6, 6.07) is 108. The molecule has 16 aromatic rings. The Bertz CT molecular complexity index is 5210. The molecule has 0 radical (unpaired) electrons. The van der Waals surface area contributed by atoms with Crippen molar-refractivity contribution in [2.75, 3.05) is 9.80 Å². The average Bonchev–Trinajstić information content (AvgIpc) is 1.53. The number of fused-ring (bicyclic) bond motifs is 13. The molecule has 0 fully saturated rings. The number of hydrogen-bond acceptors (Lipinski definition) is 4. The van der Waals surface area contributed by atoms with E-state index >= 15 is 0 Å². The summed E-state index contributed by atoms with van der Waals surface area (Å²) in [6.07, 6.45) is 4.12. The molecule has 14 aromatic carbocycles. The summed E-state index contributed by atoms with van der Waals surface area (Å²) in [5, 5.41) is 8.92. The lowest BCUT2D eigenvalue weighted by Crippen LogP contribution is -2.29. The minimum Gasteiger partial charge on any atom is -0.453 e. The second-order valence-corrected chi connectivity index (χ2v) is 25.2. The van der Waals surface area contributed by atoms with Gasteiger partial charge in [-0.1, -0.05) is 269 Å². The number of hydrogen-bond donors (Lipinski definition) is 0. The van der Waals surface area contributed by atoms with Crippen LogP contribution < -0.4 is 9.80 Å². The average molecular weight is 1200 g/mol. The zero-order valence-corrected chi connectivity index (χ0v) is 52.8. The van der Waals surface area contributed by atoms with E-state index in [1.165, 1.54) is 66.4 Å². The van der Waals surface area contributed by atoms with Crippen LogP contribution in [0.5, 0.6) is 0 Å². The molecule has 17 rings (SSSR count). The van der Waals surface area contributed by atoms with E-state index in [0.29, 0.717) is 0 Å². The number of benzene rings is 14. The third-order valence-electron chi connectivity index (χ3n) is 19.8. The number of nitrogens with zero attached hydrogens (tertiary/aromatic N) is 2. The van der Waals surface area contributed by atoms with Crippen molar-refractivity contribution < 1.29 is 8.83 Å². The summed E-state index contributed by atoms with van der Waals surface area (Å²) < 4.78 is 14.9. The van der Waals surface area contributed by atoms with Crippen LogP contribution in [0.2, 0.25) is 0 Å². The van der Waals surface area contributed by atoms with Gasteiger partial charge in [0.2, 0.25) is 0 Å². The highest BCUT2D eigenvalue weighted by molar-refractivity contribution is 6.21. The van der Waals surface area contributed by atoms with E-state index in [1.54, 1.807) is 0 Å². The molecule has 0 unspecified atom stereocenters. The maximum atomic E-state index is 7.44. The Balaban J connectivity index is 0.982. The molecule has 0 spiro atoms. The van der Waals surface area contributed by atoms with Gasteiger partial charge in [0.05, 0.1) is 28.2 Å². The van der Waals surface area contributed by atoms with Gasteiger partial charge in [-0.05, 0) is 153 Å². The van der Waals surface area contributed by atoms with Crippen LogP contribution in [-0.4, -0.2) is 0 Å². The van der Waals surface area contributed by atoms with Crippen molar-refractivity contribution in [2.45, 2.75) is 58.8 Å². The third kappa shape index (κ3) is 8.80. The summed E-state index contributed by atoms with van der Waals surface area (Å²) in [4.78, 5) is 4.98. The first-order valence-electron chi connectivity index (χ1n) is 32.9. The van der Waals surface area contributed by atoms with Gasteiger partial charge in [-0.2, -0.15) is 0 Å². The topological polar surface area (TPSA) is 32.8 Å². The lowest BCUT2D eigenvalue weighted by Gasteiger charge is -2.36. The normalized spacial score (nSPS) is 12.6. The Morgan fingerprint density at radius 3 is 1.02 bits per heavy atom. The molecule has 0 amide bonds. The molecular formula is C89H68N2O2. The van der Waals surface area contributed by atoms with E-state index in [4.69, 9.17) is 8.83 Å². The van der Waals surface area contributed by atoms with Crippen molar-refractivity contribution in [2.24, 2.45) is 0 Å². The molecule has 0 bridgehead atoms. The van der Waals surface area contributed by atoms with Crippen LogP contribution in [-0.2, 0) is 18.3 Å². The predicted octanol–water partition coefficient (Wildman–Crippen LogP) is 25.0. The fourth-order valence-electron chi connectivity index (χ4n) is 15.7. The minimum absolute atomic E-state index is 0.834. The Morgan fingerprint density at radius 1 is 0.290 bits per heavy atom. The highest BCUT2D eigenvalue weighted by Crippen LogP contribution is 2.63. The van der Waals surface area contributed by atoms with Crippen molar-refractivity contribution in [3.05, 3.63) is 336 Å². The van der Waals surface area contributed by atoms with E-state index in [0.717, 1.165) is 137 Å². The highest BCUT2D eigenvalue weighted by Gasteiger charge is 2.49. The number of furan rings is 2. The Kier molecular flexibility index (Phi) is 13.6. The predicted molar refractivity (Wildman–Crippen MR) is 391 cm³/mol. The summed E-state index contributed by atoms with van der Waals surface area (Å²) in [5.41, 5.74) is 25.4. The standard InChI is InChI=1S/C89H68N2O2/c1-5-25-59-47-51-63(52-48-59)90(79-45-23-43-75-73-41-21-39-71(85(73)92-87(75)79)65-33-15-13-27-57(65)3)81-55-77-83(69-37-19-17-35-67(69)81)84-70-38-20-18-36-68(70)82(56-78(84)89(77,61-29-9-7-10-30-61)62-31-11-8-12-32-62)91(64-53-49-60(26-6-2)50-54-64)80-46-24-44-76-74-42-22-40-72(86(74)93-88(76)80)66-34-16-14-28-58(66)4/h7-24,27-56H,5-6,25-26H2,1-4H3. The maximum absolute atomic E-state index is 7.44. The fraction of sp³-hybridized carbons (Fsp3) is 0.101. The first kappa shape index (κ1) is 55.8. The molecule has 2 aromatic heterocycles. The van der Waals surface area contributed by atoms with Gasteiger partial charge < -0.3 is 18.6 Å². The molecule has 4 heteroatoms. The maximum Gasteiger partial charge on any atom is 0.159 e. The van der Waals surface area contributed by atoms with E-state index < -0.39 is 5.41 Å². The number of aryl methyl sites for hydroxylation is 4. The quantitative estimate of drug-likeness (QED) is 0.109. The van der Waals surface area contributed by atoms with Gasteiger partial charge in [0, 0.05) is 54.8 Å². The Labute approximate surface area is 542 Å². The lowest BCUT2D eigenvalue weighted by molar-refractivity contribution is 0.670. The molecule has 0 saturated carbocycles. The second-order valence-electron chi connectivity index (χ2n) is 25.2. The molecule has 446 valence electrons. The van der Waals surface area contributed by atoms with Gasteiger partial charge in [0.25, 0.3) is 0 Å². The molecule has 0 saturated heterocycles. The first-order valence-corrected chi connectivity index (χ1v) is 32.9. The van der Waals surface area contributed by atoms with Gasteiger partial charge in [-0.15, -0.1) is 0 Å². The smallest absolute Gasteiger partial charge is 0.159 e. The van der Waals surface area contributed by atoms with Gasteiger partial charge in [0.15, 0.2) is 11.2 Å². The monoisotopic (exact) mass is 1200 g/mol. The third-order valence-corrected chi connectivity index (χ3v) is 19.8. The lowest BCUT2D eigenvalue weighted by atomic mass is 9.67. The molecular weight excluding hydrogens is 1130 g/mol. The van der Waals surface area contributed by atoms with Crippen LogP contribution in [0, 0.1) is 13.8 Å². The van der Waals surface area contributed by atoms with Crippen molar-refractivity contribution in [1.29, 1.82) is 0 Å². The van der Waals surface area contributed by atoms with Crippen LogP contribution in [0.4, 0.5) is 34.1 Å². The largest absolute Gasteiger partial charge is 0.453 e. The minimum atomic E-state index is -0.861. The van der Waals surface area contributed by atoms with E-state index in [-0.39, 0.29) is 0 Å². The zero-order valence-electron chi connectivity index (χ0n) is 52.8. The number of para-hydroxylation sites is 4. The molecule has 2 heterocycles. The molecule has 0 N–H and O–H groups in total. The Hall–Kier alpha value is -11.2. The van der Waals surface area contributed by atoms with Gasteiger partial charge in [-0.3, -0.25) is 0 Å². The van der Waals surface area contributed by atoms with Crippen LogP contribution in [0.1, 0.15) is 71.2 Å². The van der Waals surface area contributed by atoms with Gasteiger partial charge in [-0.25, -0.2) is 0 Å². The van der Waals surface area contributed by atoms with Crippen molar-refractivity contribution in [3.63, 3.8) is 0 Å².